The molecule has 0 amide bonds. The van der Waals surface area contributed by atoms with Crippen LogP contribution < -0.4 is 4.72 Å². The minimum Gasteiger partial charge on any atom is -0.481 e. The van der Waals surface area contributed by atoms with Gasteiger partial charge in [-0.25, -0.2) is 13.1 Å². The molecular weight excluding hydrogens is 262 g/mol. The fourth-order valence-electron chi connectivity index (χ4n) is 1.31. The first-order chi connectivity index (χ1) is 7.85. The van der Waals surface area contributed by atoms with Crippen LogP contribution in [0.15, 0.2) is 16.3 Å². The average molecular weight is 277 g/mol. The van der Waals surface area contributed by atoms with Crippen LogP contribution in [0.3, 0.4) is 0 Å². The predicted molar refractivity (Wildman–Crippen MR) is 65.7 cm³/mol. The van der Waals surface area contributed by atoms with E-state index in [1.54, 1.807) is 13.0 Å². The topological polar surface area (TPSA) is 83.5 Å². The SMILES string of the molecule is CCC(CC(=O)O)NS(=O)(=O)c1ccc(C)s1. The number of carboxylic acid groups (broad SMARTS) is 1. The number of rotatable bonds is 6. The van der Waals surface area contributed by atoms with E-state index in [4.69, 9.17) is 5.11 Å². The molecule has 0 saturated carbocycles. The molecule has 1 heterocycles. The molecule has 1 atom stereocenters. The van der Waals surface area contributed by atoms with Crippen LogP contribution >= 0.6 is 11.3 Å². The molecule has 0 aliphatic rings. The Morgan fingerprint density at radius 1 is 1.53 bits per heavy atom. The summed E-state index contributed by atoms with van der Waals surface area (Å²) in [5, 5.41) is 8.65. The number of hydrogen-bond donors (Lipinski definition) is 2. The third-order valence-electron chi connectivity index (χ3n) is 2.22. The first-order valence-corrected chi connectivity index (χ1v) is 7.45. The average Bonchev–Trinajstić information content (AvgIpc) is 2.63. The van der Waals surface area contributed by atoms with Gasteiger partial charge in [-0.1, -0.05) is 6.92 Å². The minimum atomic E-state index is -3.59. The van der Waals surface area contributed by atoms with E-state index in [9.17, 15) is 13.2 Å². The fourth-order valence-corrected chi connectivity index (χ4v) is 3.93. The Morgan fingerprint density at radius 2 is 2.18 bits per heavy atom. The molecule has 17 heavy (non-hydrogen) atoms. The van der Waals surface area contributed by atoms with Gasteiger partial charge < -0.3 is 5.11 Å². The summed E-state index contributed by atoms with van der Waals surface area (Å²) < 4.78 is 26.4. The van der Waals surface area contributed by atoms with Gasteiger partial charge in [-0.2, -0.15) is 0 Å². The lowest BCUT2D eigenvalue weighted by Crippen LogP contribution is -2.35. The van der Waals surface area contributed by atoms with Crippen molar-refractivity contribution in [3.8, 4) is 0 Å². The molecule has 0 aliphatic carbocycles. The molecule has 0 saturated heterocycles. The van der Waals surface area contributed by atoms with Crippen molar-refractivity contribution in [1.29, 1.82) is 0 Å². The van der Waals surface area contributed by atoms with Gasteiger partial charge in [0.25, 0.3) is 0 Å². The molecule has 0 fully saturated rings. The van der Waals surface area contributed by atoms with Gasteiger partial charge in [0.05, 0.1) is 6.42 Å². The Kier molecular flexibility index (Phi) is 4.67. The summed E-state index contributed by atoms with van der Waals surface area (Å²) in [7, 11) is -3.59. The summed E-state index contributed by atoms with van der Waals surface area (Å²) in [4.78, 5) is 11.5. The Balaban J connectivity index is 2.81. The van der Waals surface area contributed by atoms with Crippen molar-refractivity contribution in [1.82, 2.24) is 4.72 Å². The molecule has 7 heteroatoms. The molecule has 0 bridgehead atoms. The highest BCUT2D eigenvalue weighted by Crippen LogP contribution is 2.21. The number of thiophene rings is 1. The zero-order valence-electron chi connectivity index (χ0n) is 9.63. The molecule has 0 aromatic carbocycles. The van der Waals surface area contributed by atoms with Crippen molar-refractivity contribution >= 4 is 27.3 Å². The Hall–Kier alpha value is -0.920. The van der Waals surface area contributed by atoms with Crippen LogP contribution in [0.25, 0.3) is 0 Å². The van der Waals surface area contributed by atoms with Gasteiger partial charge in [-0.3, -0.25) is 4.79 Å². The quantitative estimate of drug-likeness (QED) is 0.827. The summed E-state index contributed by atoms with van der Waals surface area (Å²) in [5.41, 5.74) is 0. The summed E-state index contributed by atoms with van der Waals surface area (Å²) in [6, 6.07) is 2.67. The van der Waals surface area contributed by atoms with Crippen LogP contribution in [0.1, 0.15) is 24.6 Å². The van der Waals surface area contributed by atoms with E-state index in [0.29, 0.717) is 6.42 Å². The molecule has 0 aliphatic heterocycles. The van der Waals surface area contributed by atoms with Gasteiger partial charge >= 0.3 is 5.97 Å². The number of aliphatic carboxylic acids is 1. The summed E-state index contributed by atoms with van der Waals surface area (Å²) >= 11 is 1.17. The van der Waals surface area contributed by atoms with Crippen LogP contribution in [-0.2, 0) is 14.8 Å². The van der Waals surface area contributed by atoms with E-state index in [-0.39, 0.29) is 10.6 Å². The Labute approximate surface area is 105 Å². The molecule has 96 valence electrons. The lowest BCUT2D eigenvalue weighted by Gasteiger charge is -2.13. The highest BCUT2D eigenvalue weighted by atomic mass is 32.2. The molecular formula is C10H15NO4S2. The summed E-state index contributed by atoms with van der Waals surface area (Å²) in [5.74, 6) is -1.01. The van der Waals surface area contributed by atoms with Gasteiger partial charge in [0.1, 0.15) is 4.21 Å². The van der Waals surface area contributed by atoms with Crippen LogP contribution in [0, 0.1) is 6.92 Å². The maximum Gasteiger partial charge on any atom is 0.304 e. The number of carbonyl (C=O) groups is 1. The number of hydrogen-bond acceptors (Lipinski definition) is 4. The molecule has 2 N–H and O–H groups in total. The lowest BCUT2D eigenvalue weighted by atomic mass is 10.2. The molecule has 1 aromatic rings. The van der Waals surface area contributed by atoms with Crippen LogP contribution in [0.2, 0.25) is 0 Å². The number of sulfonamides is 1. The normalized spacial score (nSPS) is 13.5. The van der Waals surface area contributed by atoms with E-state index in [1.165, 1.54) is 17.4 Å². The molecule has 1 aromatic heterocycles. The van der Waals surface area contributed by atoms with Gasteiger partial charge in [0, 0.05) is 10.9 Å². The van der Waals surface area contributed by atoms with Gasteiger partial charge in [0.2, 0.25) is 10.0 Å². The van der Waals surface area contributed by atoms with Crippen molar-refractivity contribution in [2.75, 3.05) is 0 Å². The fraction of sp³-hybridized carbons (Fsp3) is 0.500. The van der Waals surface area contributed by atoms with Crippen molar-refractivity contribution < 1.29 is 18.3 Å². The first-order valence-electron chi connectivity index (χ1n) is 5.15. The number of aryl methyl sites for hydroxylation is 1. The van der Waals surface area contributed by atoms with Gasteiger partial charge in [-0.05, 0) is 25.5 Å². The minimum absolute atomic E-state index is 0.208. The van der Waals surface area contributed by atoms with Crippen molar-refractivity contribution in [2.45, 2.75) is 36.9 Å². The second-order valence-electron chi connectivity index (χ2n) is 3.69. The molecule has 0 radical (unpaired) electrons. The zero-order valence-corrected chi connectivity index (χ0v) is 11.3. The van der Waals surface area contributed by atoms with Crippen molar-refractivity contribution in [3.05, 3.63) is 17.0 Å². The largest absolute Gasteiger partial charge is 0.481 e. The van der Waals surface area contributed by atoms with Crippen LogP contribution in [0.5, 0.6) is 0 Å². The third kappa shape index (κ3) is 4.10. The van der Waals surface area contributed by atoms with E-state index in [2.05, 4.69) is 4.72 Å². The third-order valence-corrected chi connectivity index (χ3v) is 5.23. The van der Waals surface area contributed by atoms with E-state index >= 15 is 0 Å². The highest BCUT2D eigenvalue weighted by molar-refractivity contribution is 7.91. The second-order valence-corrected chi connectivity index (χ2v) is 6.92. The maximum absolute atomic E-state index is 11.9. The van der Waals surface area contributed by atoms with Crippen molar-refractivity contribution in [2.24, 2.45) is 0 Å². The lowest BCUT2D eigenvalue weighted by molar-refractivity contribution is -0.137. The van der Waals surface area contributed by atoms with Gasteiger partial charge in [0.15, 0.2) is 0 Å². The molecule has 1 rings (SSSR count). The van der Waals surface area contributed by atoms with Crippen LogP contribution in [0.4, 0.5) is 0 Å². The molecule has 1 unspecified atom stereocenters. The maximum atomic E-state index is 11.9. The standard InChI is InChI=1S/C10H15NO4S2/c1-3-8(6-9(12)13)11-17(14,15)10-5-4-7(2)16-10/h4-5,8,11H,3,6H2,1-2H3,(H,12,13). The number of nitrogens with one attached hydrogen (secondary N) is 1. The molecule has 0 spiro atoms. The van der Waals surface area contributed by atoms with Crippen LogP contribution in [-0.4, -0.2) is 25.5 Å². The Bertz CT molecular complexity index is 492. The zero-order chi connectivity index (χ0) is 13.1. The summed E-state index contributed by atoms with van der Waals surface area (Å²) in [6.07, 6.45) is 0.232. The monoisotopic (exact) mass is 277 g/mol. The smallest absolute Gasteiger partial charge is 0.304 e. The highest BCUT2D eigenvalue weighted by Gasteiger charge is 2.22. The van der Waals surface area contributed by atoms with E-state index in [1.807, 2.05) is 6.92 Å². The molecule has 5 nitrogen and oxygen atoms in total. The first kappa shape index (κ1) is 14.1. The Morgan fingerprint density at radius 3 is 2.59 bits per heavy atom. The predicted octanol–water partition coefficient (Wildman–Crippen LogP) is 1.59. The number of carboxylic acids is 1. The van der Waals surface area contributed by atoms with E-state index in [0.717, 1.165) is 4.88 Å². The van der Waals surface area contributed by atoms with Gasteiger partial charge in [-0.15, -0.1) is 11.3 Å². The van der Waals surface area contributed by atoms with E-state index < -0.39 is 22.0 Å². The summed E-state index contributed by atoms with van der Waals surface area (Å²) in [6.45, 7) is 3.56. The second kappa shape index (κ2) is 5.61. The van der Waals surface area contributed by atoms with Crippen molar-refractivity contribution in [3.63, 3.8) is 0 Å².